The molecule has 1 unspecified atom stereocenters. The molecular weight excluding hydrogens is 701 g/mol. The summed E-state index contributed by atoms with van der Waals surface area (Å²) in [5.74, 6) is -8.41. The smallest absolute Gasteiger partial charge is 0.326 e. The lowest BCUT2D eigenvalue weighted by Gasteiger charge is -2.34. The molecule has 2 heterocycles. The number of halogens is 1. The van der Waals surface area contributed by atoms with E-state index in [1.54, 1.807) is 65.0 Å². The predicted molar refractivity (Wildman–Crippen MR) is 193 cm³/mol. The number of alkyl halides is 1. The molecule has 54 heavy (non-hydrogen) atoms. The highest BCUT2D eigenvalue weighted by Crippen LogP contribution is 2.44. The monoisotopic (exact) mass is 751 g/mol. The molecule has 2 aromatic rings. The molecule has 5 amide bonds. The van der Waals surface area contributed by atoms with Gasteiger partial charge in [-0.15, -0.1) is 0 Å². The number of hydrogen-bond acceptors (Lipinski definition) is 9. The Kier molecular flexibility index (Phi) is 14.3. The van der Waals surface area contributed by atoms with Crippen LogP contribution in [0, 0.1) is 23.7 Å². The van der Waals surface area contributed by atoms with Crippen molar-refractivity contribution in [1.29, 1.82) is 0 Å². The third-order valence-electron chi connectivity index (χ3n) is 10.1. The molecule has 1 aliphatic carbocycles. The second kappa shape index (κ2) is 18.7. The van der Waals surface area contributed by atoms with Crippen molar-refractivity contribution in [3.05, 3.63) is 60.2 Å². The van der Waals surface area contributed by atoms with Crippen LogP contribution >= 0.6 is 0 Å². The van der Waals surface area contributed by atoms with E-state index in [9.17, 15) is 38.7 Å². The number of aliphatic carboxylic acids is 1. The number of benzene rings is 1. The standard InChI is InChI=1S/C38H50FN7O8/c1-6-10-26(32(47)36(51)43-27(38(53)54)17-22-11-8-7-9-12-22)42-35(50)31-23-13-14-25(39)24(23)19-46(31)37(52)30(21(4)5)45-34(49)29(20(2)3)44-33(48)28-18-40-15-16-41-28/h7-9,11-12,15-16,18,20-21,23-27,29-31H,6,10,13-14,17,19H2,1-5H3,(H,42,50)(H,43,51)(H,44,48)(H,45,49)(H,53,54)/t23-,24-,25-,26?,27+,29+,30-,31-/m0/s1. The second-order valence-electron chi connectivity index (χ2n) is 14.6. The average molecular weight is 752 g/mol. The number of nitrogens with one attached hydrogen (secondary N) is 4. The van der Waals surface area contributed by atoms with Crippen molar-refractivity contribution in [2.24, 2.45) is 23.7 Å². The summed E-state index contributed by atoms with van der Waals surface area (Å²) in [7, 11) is 0. The van der Waals surface area contributed by atoms with Crippen molar-refractivity contribution >= 4 is 41.3 Å². The van der Waals surface area contributed by atoms with Crippen LogP contribution in [0.2, 0.25) is 0 Å². The number of hydrogen-bond donors (Lipinski definition) is 5. The molecule has 1 aromatic heterocycles. The zero-order valence-corrected chi connectivity index (χ0v) is 31.2. The Morgan fingerprint density at radius 3 is 2.15 bits per heavy atom. The third-order valence-corrected chi connectivity index (χ3v) is 10.1. The molecule has 1 saturated heterocycles. The van der Waals surface area contributed by atoms with Crippen LogP contribution in [0.1, 0.15) is 76.4 Å². The fraction of sp³-hybridized carbons (Fsp3) is 0.553. The second-order valence-corrected chi connectivity index (χ2v) is 14.6. The van der Waals surface area contributed by atoms with Gasteiger partial charge < -0.3 is 31.3 Å². The van der Waals surface area contributed by atoms with Gasteiger partial charge in [0.05, 0.1) is 12.2 Å². The van der Waals surface area contributed by atoms with Crippen LogP contribution in [-0.4, -0.2) is 104 Å². The Bertz CT molecular complexity index is 1680. The number of Topliss-reactive ketones (excluding diaryl/α,β-unsaturated/α-hetero) is 1. The summed E-state index contributed by atoms with van der Waals surface area (Å²) in [6.45, 7) is 8.47. The van der Waals surface area contributed by atoms with Crippen LogP contribution < -0.4 is 21.3 Å². The van der Waals surface area contributed by atoms with Crippen LogP contribution in [0.5, 0.6) is 0 Å². The normalized spacial score (nSPS) is 21.4. The molecule has 16 heteroatoms. The van der Waals surface area contributed by atoms with E-state index in [1.807, 2.05) is 0 Å². The fourth-order valence-electron chi connectivity index (χ4n) is 7.18. The largest absolute Gasteiger partial charge is 0.480 e. The molecule has 2 fully saturated rings. The summed E-state index contributed by atoms with van der Waals surface area (Å²) < 4.78 is 15.2. The molecule has 0 bridgehead atoms. The zero-order chi connectivity index (χ0) is 39.7. The number of nitrogens with zero attached hydrogens (tertiary/aromatic N) is 3. The number of carbonyl (C=O) groups is 7. The van der Waals surface area contributed by atoms with Gasteiger partial charge in [0.25, 0.3) is 11.8 Å². The van der Waals surface area contributed by atoms with E-state index >= 15 is 4.39 Å². The number of carbonyl (C=O) groups excluding carboxylic acids is 6. The van der Waals surface area contributed by atoms with Crippen molar-refractivity contribution in [2.45, 2.75) is 103 Å². The van der Waals surface area contributed by atoms with E-state index in [0.717, 1.165) is 0 Å². The van der Waals surface area contributed by atoms with E-state index < -0.39 is 101 Å². The fourth-order valence-corrected chi connectivity index (χ4v) is 7.18. The minimum absolute atomic E-state index is 0.00287. The van der Waals surface area contributed by atoms with Gasteiger partial charge in [-0.1, -0.05) is 71.4 Å². The molecule has 0 spiro atoms. The molecule has 2 aliphatic rings. The predicted octanol–water partition coefficient (Wildman–Crippen LogP) is 1.61. The SMILES string of the molecule is CCCC(NC(=O)[C@@H]1[C@H]2CC[C@H](F)[C@H]2CN1C(=O)[C@@H](NC(=O)[C@H](NC(=O)c1cnccn1)C(C)C)C(C)C)C(=O)C(=O)N[C@H](Cc1ccccc1)C(=O)O. The molecule has 4 rings (SSSR count). The van der Waals surface area contributed by atoms with Gasteiger partial charge in [-0.25, -0.2) is 14.2 Å². The molecular formula is C38H50FN7O8. The van der Waals surface area contributed by atoms with Gasteiger partial charge in [-0.2, -0.15) is 0 Å². The zero-order valence-electron chi connectivity index (χ0n) is 31.2. The van der Waals surface area contributed by atoms with Crippen molar-refractivity contribution in [3.63, 3.8) is 0 Å². The first-order chi connectivity index (χ1) is 25.6. The van der Waals surface area contributed by atoms with Gasteiger partial charge in [0, 0.05) is 31.3 Å². The van der Waals surface area contributed by atoms with E-state index in [4.69, 9.17) is 0 Å². The molecule has 1 aromatic carbocycles. The highest BCUT2D eigenvalue weighted by Gasteiger charge is 2.55. The summed E-state index contributed by atoms with van der Waals surface area (Å²) in [5, 5.41) is 20.0. The Hall–Kier alpha value is -5.28. The molecule has 292 valence electrons. The Morgan fingerprint density at radius 2 is 1.56 bits per heavy atom. The van der Waals surface area contributed by atoms with Gasteiger partial charge in [0.15, 0.2) is 0 Å². The number of carboxylic acids is 1. The molecule has 15 nitrogen and oxygen atoms in total. The molecule has 1 saturated carbocycles. The Labute approximate surface area is 313 Å². The molecule has 5 N–H and O–H groups in total. The minimum atomic E-state index is -1.41. The third kappa shape index (κ3) is 10.0. The van der Waals surface area contributed by atoms with Crippen LogP contribution in [0.4, 0.5) is 4.39 Å². The molecule has 1 aliphatic heterocycles. The summed E-state index contributed by atoms with van der Waals surface area (Å²) >= 11 is 0. The number of fused-ring (bicyclic) bond motifs is 1. The van der Waals surface area contributed by atoms with Crippen molar-refractivity contribution in [3.8, 4) is 0 Å². The lowest BCUT2D eigenvalue weighted by molar-refractivity contribution is -0.146. The quantitative estimate of drug-likeness (QED) is 0.147. The highest BCUT2D eigenvalue weighted by atomic mass is 19.1. The van der Waals surface area contributed by atoms with Gasteiger partial charge in [0.1, 0.15) is 36.0 Å². The topological polar surface area (TPSA) is 217 Å². The van der Waals surface area contributed by atoms with Crippen molar-refractivity contribution in [1.82, 2.24) is 36.1 Å². The number of amides is 5. The lowest BCUT2D eigenvalue weighted by Crippen LogP contribution is -2.60. The summed E-state index contributed by atoms with van der Waals surface area (Å²) in [4.78, 5) is 103. The van der Waals surface area contributed by atoms with Gasteiger partial charge in [-0.3, -0.25) is 33.8 Å². The first-order valence-corrected chi connectivity index (χ1v) is 18.4. The van der Waals surface area contributed by atoms with Crippen molar-refractivity contribution in [2.75, 3.05) is 6.54 Å². The summed E-state index contributed by atoms with van der Waals surface area (Å²) in [6, 6.07) is 2.35. The maximum Gasteiger partial charge on any atom is 0.326 e. The highest BCUT2D eigenvalue weighted by molar-refractivity contribution is 6.38. The van der Waals surface area contributed by atoms with Crippen LogP contribution in [-0.2, 0) is 35.2 Å². The van der Waals surface area contributed by atoms with E-state index in [0.29, 0.717) is 18.4 Å². The van der Waals surface area contributed by atoms with E-state index in [-0.39, 0.29) is 31.5 Å². The van der Waals surface area contributed by atoms with Crippen LogP contribution in [0.15, 0.2) is 48.9 Å². The Morgan fingerprint density at radius 1 is 0.870 bits per heavy atom. The molecule has 8 atom stereocenters. The van der Waals surface area contributed by atoms with Crippen LogP contribution in [0.25, 0.3) is 0 Å². The van der Waals surface area contributed by atoms with Crippen molar-refractivity contribution < 1.29 is 43.1 Å². The van der Waals surface area contributed by atoms with Crippen LogP contribution in [0.3, 0.4) is 0 Å². The minimum Gasteiger partial charge on any atom is -0.480 e. The first kappa shape index (κ1) is 41.5. The number of aromatic nitrogens is 2. The van der Waals surface area contributed by atoms with Gasteiger partial charge >= 0.3 is 5.97 Å². The molecule has 0 radical (unpaired) electrons. The summed E-state index contributed by atoms with van der Waals surface area (Å²) in [6.07, 6.45) is 3.52. The Balaban J connectivity index is 1.52. The van der Waals surface area contributed by atoms with E-state index in [1.165, 1.54) is 23.5 Å². The maximum absolute atomic E-state index is 15.2. The van der Waals surface area contributed by atoms with Gasteiger partial charge in [0.2, 0.25) is 23.5 Å². The number of carboxylic acid groups (broad SMARTS) is 1. The number of ketones is 1. The van der Waals surface area contributed by atoms with Gasteiger partial charge in [-0.05, 0) is 42.6 Å². The number of likely N-dealkylation sites (tertiary alicyclic amines) is 1. The number of rotatable bonds is 17. The lowest BCUT2D eigenvalue weighted by atomic mass is 9.92. The maximum atomic E-state index is 15.2. The van der Waals surface area contributed by atoms with E-state index in [2.05, 4.69) is 31.2 Å². The first-order valence-electron chi connectivity index (χ1n) is 18.4. The summed E-state index contributed by atoms with van der Waals surface area (Å²) in [5.41, 5.74) is 0.624. The average Bonchev–Trinajstić information content (AvgIpc) is 3.71.